The molecule has 11 heteroatoms. The van der Waals surface area contributed by atoms with Gasteiger partial charge in [-0.15, -0.1) is 0 Å². The molecular formula is C12H15N5O5S. The average Bonchev–Trinajstić information content (AvgIpc) is 2.98. The summed E-state index contributed by atoms with van der Waals surface area (Å²) in [6, 6.07) is 3.02. The average molecular weight is 341 g/mol. The second-order valence-corrected chi connectivity index (χ2v) is 6.41. The fraction of sp³-hybridized carbons (Fsp3) is 0.333. The number of ether oxygens (including phenoxy) is 1. The van der Waals surface area contributed by atoms with E-state index < -0.39 is 31.6 Å². The second-order valence-electron chi connectivity index (χ2n) is 4.73. The lowest BCUT2D eigenvalue weighted by molar-refractivity contribution is -0.387. The van der Waals surface area contributed by atoms with E-state index in [2.05, 4.69) is 14.8 Å². The van der Waals surface area contributed by atoms with E-state index in [4.69, 9.17) is 4.74 Å². The van der Waals surface area contributed by atoms with Crippen molar-refractivity contribution in [3.8, 4) is 5.75 Å². The molecule has 124 valence electrons. The number of hydrogen-bond donors (Lipinski definition) is 1. The van der Waals surface area contributed by atoms with Crippen molar-refractivity contribution in [1.82, 2.24) is 19.5 Å². The van der Waals surface area contributed by atoms with Crippen LogP contribution in [0.3, 0.4) is 0 Å². The maximum Gasteiger partial charge on any atom is 0.293 e. The summed E-state index contributed by atoms with van der Waals surface area (Å²) in [6.07, 6.45) is 2.77. The number of hydrogen-bond acceptors (Lipinski definition) is 7. The van der Waals surface area contributed by atoms with Crippen molar-refractivity contribution < 1.29 is 18.1 Å². The molecule has 1 heterocycles. The molecule has 2 rings (SSSR count). The Morgan fingerprint density at radius 1 is 1.48 bits per heavy atom. The molecule has 1 aromatic carbocycles. The van der Waals surface area contributed by atoms with Gasteiger partial charge in [0.15, 0.2) is 4.90 Å². The van der Waals surface area contributed by atoms with Crippen molar-refractivity contribution in [1.29, 1.82) is 0 Å². The number of sulfonamides is 1. The highest BCUT2D eigenvalue weighted by molar-refractivity contribution is 7.89. The van der Waals surface area contributed by atoms with E-state index in [1.807, 2.05) is 0 Å². The molecule has 23 heavy (non-hydrogen) atoms. The molecule has 0 bridgehead atoms. The Bertz CT molecular complexity index is 790. The number of nitro groups is 1. The predicted octanol–water partition coefficient (Wildman–Crippen LogP) is 0.562. The molecule has 0 spiro atoms. The molecule has 1 aromatic heterocycles. The van der Waals surface area contributed by atoms with Crippen LogP contribution < -0.4 is 9.46 Å². The molecule has 0 amide bonds. The first-order chi connectivity index (χ1) is 10.8. The molecule has 0 radical (unpaired) electrons. The van der Waals surface area contributed by atoms with E-state index in [-0.39, 0.29) is 12.3 Å². The van der Waals surface area contributed by atoms with E-state index in [0.29, 0.717) is 0 Å². The van der Waals surface area contributed by atoms with Crippen LogP contribution in [-0.4, -0.2) is 41.3 Å². The largest absolute Gasteiger partial charge is 0.497 e. The molecule has 0 unspecified atom stereocenters. The summed E-state index contributed by atoms with van der Waals surface area (Å²) in [4.78, 5) is 13.7. The maximum absolute atomic E-state index is 12.4. The molecule has 1 atom stereocenters. The Labute approximate surface area is 132 Å². The third-order valence-corrected chi connectivity index (χ3v) is 4.57. The summed E-state index contributed by atoms with van der Waals surface area (Å²) in [5.41, 5.74) is -0.551. The maximum atomic E-state index is 12.4. The molecule has 1 N–H and O–H groups in total. The van der Waals surface area contributed by atoms with Crippen LogP contribution in [0, 0.1) is 10.1 Å². The predicted molar refractivity (Wildman–Crippen MR) is 79.5 cm³/mol. The van der Waals surface area contributed by atoms with Gasteiger partial charge in [0.2, 0.25) is 10.0 Å². The van der Waals surface area contributed by atoms with E-state index in [1.165, 1.54) is 30.5 Å². The SMILES string of the molecule is COc1ccc(S(=O)(=O)N[C@@H](C)Cn2cncn2)c([N+](=O)[O-])c1. The molecule has 10 nitrogen and oxygen atoms in total. The van der Waals surface area contributed by atoms with Gasteiger partial charge in [-0.05, 0) is 19.1 Å². The summed E-state index contributed by atoms with van der Waals surface area (Å²) >= 11 is 0. The lowest BCUT2D eigenvalue weighted by Gasteiger charge is -2.14. The molecule has 0 saturated carbocycles. The Hall–Kier alpha value is -2.53. The van der Waals surface area contributed by atoms with Crippen LogP contribution in [-0.2, 0) is 16.6 Å². The van der Waals surface area contributed by atoms with E-state index >= 15 is 0 Å². The van der Waals surface area contributed by atoms with Crippen LogP contribution in [0.4, 0.5) is 5.69 Å². The van der Waals surface area contributed by atoms with Gasteiger partial charge in [-0.1, -0.05) is 0 Å². The Balaban J connectivity index is 2.26. The summed E-state index contributed by atoms with van der Waals surface area (Å²) < 4.78 is 33.5. The van der Waals surface area contributed by atoms with Gasteiger partial charge in [0.25, 0.3) is 5.69 Å². The minimum atomic E-state index is -4.07. The van der Waals surface area contributed by atoms with Crippen LogP contribution in [0.25, 0.3) is 0 Å². The summed E-state index contributed by atoms with van der Waals surface area (Å²) in [6.45, 7) is 1.86. The van der Waals surface area contributed by atoms with Crippen LogP contribution >= 0.6 is 0 Å². The molecule has 0 aliphatic carbocycles. The monoisotopic (exact) mass is 341 g/mol. The summed E-state index contributed by atoms with van der Waals surface area (Å²) in [5, 5.41) is 15.0. The van der Waals surface area contributed by atoms with Gasteiger partial charge in [0.05, 0.1) is 24.6 Å². The van der Waals surface area contributed by atoms with Gasteiger partial charge in [0.1, 0.15) is 18.4 Å². The standard InChI is InChI=1S/C12H15N5O5S/c1-9(6-16-8-13-7-14-16)15-23(20,21)12-4-3-10(22-2)5-11(12)17(18)19/h3-5,7-9,15H,6H2,1-2H3/t9-/m0/s1. The van der Waals surface area contributed by atoms with Crippen molar-refractivity contribution in [2.75, 3.05) is 7.11 Å². The first kappa shape index (κ1) is 16.8. The third kappa shape index (κ3) is 4.02. The molecule has 0 aliphatic rings. The van der Waals surface area contributed by atoms with Crippen LogP contribution in [0.5, 0.6) is 5.75 Å². The van der Waals surface area contributed by atoms with Crippen LogP contribution in [0.15, 0.2) is 35.7 Å². The highest BCUT2D eigenvalue weighted by Gasteiger charge is 2.27. The smallest absolute Gasteiger partial charge is 0.293 e. The van der Waals surface area contributed by atoms with Gasteiger partial charge < -0.3 is 4.74 Å². The quantitative estimate of drug-likeness (QED) is 0.575. The lowest BCUT2D eigenvalue weighted by Crippen LogP contribution is -2.36. The molecule has 0 fully saturated rings. The molecule has 2 aromatic rings. The van der Waals surface area contributed by atoms with Crippen molar-refractivity contribution >= 4 is 15.7 Å². The van der Waals surface area contributed by atoms with Gasteiger partial charge in [-0.25, -0.2) is 18.1 Å². The topological polar surface area (TPSA) is 129 Å². The van der Waals surface area contributed by atoms with Gasteiger partial charge in [-0.2, -0.15) is 5.10 Å². The summed E-state index contributed by atoms with van der Waals surface area (Å²) in [7, 11) is -2.73. The van der Waals surface area contributed by atoms with E-state index in [0.717, 1.165) is 12.1 Å². The lowest BCUT2D eigenvalue weighted by atomic mass is 10.3. The Kier molecular flexibility index (Phi) is 4.91. The second kappa shape index (κ2) is 6.71. The number of nitrogens with zero attached hydrogens (tertiary/aromatic N) is 4. The zero-order chi connectivity index (χ0) is 17.0. The minimum absolute atomic E-state index is 0.200. The van der Waals surface area contributed by atoms with Crippen molar-refractivity contribution in [2.45, 2.75) is 24.4 Å². The fourth-order valence-corrected chi connectivity index (χ4v) is 3.35. The number of rotatable bonds is 7. The number of methoxy groups -OCH3 is 1. The highest BCUT2D eigenvalue weighted by atomic mass is 32.2. The molecular weight excluding hydrogens is 326 g/mol. The first-order valence-electron chi connectivity index (χ1n) is 6.50. The van der Waals surface area contributed by atoms with Crippen molar-refractivity contribution in [2.24, 2.45) is 0 Å². The van der Waals surface area contributed by atoms with Gasteiger partial charge in [-0.3, -0.25) is 14.8 Å². The molecule has 0 aliphatic heterocycles. The number of aromatic nitrogens is 3. The zero-order valence-electron chi connectivity index (χ0n) is 12.4. The van der Waals surface area contributed by atoms with E-state index in [9.17, 15) is 18.5 Å². The van der Waals surface area contributed by atoms with Crippen LogP contribution in [0.1, 0.15) is 6.92 Å². The number of nitrogens with one attached hydrogen (secondary N) is 1. The zero-order valence-corrected chi connectivity index (χ0v) is 13.2. The fourth-order valence-electron chi connectivity index (χ4n) is 1.97. The Morgan fingerprint density at radius 3 is 2.78 bits per heavy atom. The minimum Gasteiger partial charge on any atom is -0.497 e. The first-order valence-corrected chi connectivity index (χ1v) is 7.99. The van der Waals surface area contributed by atoms with Gasteiger partial charge in [0, 0.05) is 6.04 Å². The highest BCUT2D eigenvalue weighted by Crippen LogP contribution is 2.28. The third-order valence-electron chi connectivity index (χ3n) is 2.94. The number of nitro benzene ring substituents is 1. The van der Waals surface area contributed by atoms with Gasteiger partial charge >= 0.3 is 0 Å². The molecule has 0 saturated heterocycles. The normalized spacial score (nSPS) is 12.8. The van der Waals surface area contributed by atoms with E-state index in [1.54, 1.807) is 6.92 Å². The Morgan fingerprint density at radius 2 is 2.22 bits per heavy atom. The van der Waals surface area contributed by atoms with Crippen molar-refractivity contribution in [3.63, 3.8) is 0 Å². The van der Waals surface area contributed by atoms with Crippen molar-refractivity contribution in [3.05, 3.63) is 41.0 Å². The number of benzene rings is 1. The van der Waals surface area contributed by atoms with Crippen LogP contribution in [0.2, 0.25) is 0 Å². The summed E-state index contributed by atoms with van der Waals surface area (Å²) in [5.74, 6) is 0.200.